The highest BCUT2D eigenvalue weighted by molar-refractivity contribution is 6.31. The Morgan fingerprint density at radius 3 is 2.68 bits per heavy atom. The number of benzene rings is 1. The number of unbranched alkanes of at least 4 members (excludes halogenated alkanes) is 3. The Balaban J connectivity index is 1.06. The normalized spacial score (nSPS) is 18.3. The molecule has 41 heavy (non-hydrogen) atoms. The van der Waals surface area contributed by atoms with Gasteiger partial charge in [-0.15, -0.1) is 0 Å². The molecule has 5 rings (SSSR count). The number of aliphatic carboxylic acids is 1. The number of piperidine rings is 1. The summed E-state index contributed by atoms with van der Waals surface area (Å²) in [5.74, 6) is -1.00. The van der Waals surface area contributed by atoms with Crippen molar-refractivity contribution in [3.63, 3.8) is 0 Å². The van der Waals surface area contributed by atoms with Gasteiger partial charge in [-0.25, -0.2) is 9.37 Å². The molecule has 0 unspecified atom stereocenters. The molecular formula is C32H38ClFN4O3. The van der Waals surface area contributed by atoms with Gasteiger partial charge in [-0.3, -0.25) is 9.78 Å². The van der Waals surface area contributed by atoms with Gasteiger partial charge in [-0.05, 0) is 99.5 Å². The number of ether oxygens (including phenoxy) is 1. The lowest BCUT2D eigenvalue weighted by Crippen LogP contribution is -2.37. The number of pyridine rings is 2. The van der Waals surface area contributed by atoms with Crippen LogP contribution < -0.4 is 10.1 Å². The lowest BCUT2D eigenvalue weighted by atomic mass is 9.80. The molecule has 2 aliphatic rings. The molecule has 0 radical (unpaired) electrons. The summed E-state index contributed by atoms with van der Waals surface area (Å²) >= 11 is 6.31. The van der Waals surface area contributed by atoms with Gasteiger partial charge in [0.05, 0.1) is 17.1 Å². The zero-order valence-electron chi connectivity index (χ0n) is 23.3. The van der Waals surface area contributed by atoms with E-state index >= 15 is 0 Å². The molecule has 0 bridgehead atoms. The molecule has 1 aromatic carbocycles. The minimum Gasteiger partial charge on any atom is -0.481 e. The number of carbonyl (C=O) groups is 1. The van der Waals surface area contributed by atoms with Crippen LogP contribution in [0, 0.1) is 11.7 Å². The van der Waals surface area contributed by atoms with E-state index in [9.17, 15) is 14.3 Å². The third kappa shape index (κ3) is 7.74. The highest BCUT2D eigenvalue weighted by Gasteiger charge is 2.35. The smallest absolute Gasteiger partial charge is 0.311 e. The topological polar surface area (TPSA) is 87.6 Å². The van der Waals surface area contributed by atoms with E-state index in [-0.39, 0.29) is 22.3 Å². The van der Waals surface area contributed by atoms with Crippen LogP contribution >= 0.6 is 11.6 Å². The van der Waals surface area contributed by atoms with Gasteiger partial charge >= 0.3 is 5.97 Å². The number of hydrogen-bond donors (Lipinski definition) is 2. The van der Waals surface area contributed by atoms with Crippen molar-refractivity contribution in [2.45, 2.75) is 69.7 Å². The second-order valence-electron chi connectivity index (χ2n) is 11.2. The lowest BCUT2D eigenvalue weighted by Gasteiger charge is -2.35. The minimum atomic E-state index is -0.991. The maximum absolute atomic E-state index is 14.8. The van der Waals surface area contributed by atoms with Gasteiger partial charge in [0.1, 0.15) is 23.1 Å². The monoisotopic (exact) mass is 580 g/mol. The van der Waals surface area contributed by atoms with Crippen LogP contribution in [0.2, 0.25) is 5.02 Å². The van der Waals surface area contributed by atoms with Crippen LogP contribution in [0.3, 0.4) is 0 Å². The molecule has 9 heteroatoms. The van der Waals surface area contributed by atoms with Gasteiger partial charge in [0.25, 0.3) is 0 Å². The number of aryl methyl sites for hydroxylation is 1. The second kappa shape index (κ2) is 14.1. The predicted molar refractivity (Wildman–Crippen MR) is 158 cm³/mol. The first-order valence-electron chi connectivity index (χ1n) is 14.7. The number of anilines is 1. The van der Waals surface area contributed by atoms with Crippen LogP contribution in [0.1, 0.15) is 68.4 Å². The molecule has 7 nitrogen and oxygen atoms in total. The molecule has 1 fully saturated rings. The summed E-state index contributed by atoms with van der Waals surface area (Å²) in [6.45, 7) is 2.69. The maximum Gasteiger partial charge on any atom is 0.311 e. The SMILES string of the molecule is O=C(O)[C@@H](c1cc(Oc2cccnc2)cc(F)c1Cl)C1CCN(CCCCCC[C@@H]2CCc3cccnc3N2)CC1. The van der Waals surface area contributed by atoms with Crippen molar-refractivity contribution in [2.24, 2.45) is 5.92 Å². The van der Waals surface area contributed by atoms with E-state index in [1.807, 2.05) is 12.3 Å². The number of nitrogens with zero attached hydrogens (tertiary/aromatic N) is 3. The first-order chi connectivity index (χ1) is 20.0. The molecule has 2 atom stereocenters. The van der Waals surface area contributed by atoms with Crippen molar-refractivity contribution in [1.29, 1.82) is 0 Å². The number of rotatable bonds is 12. The van der Waals surface area contributed by atoms with Crippen molar-refractivity contribution in [1.82, 2.24) is 14.9 Å². The number of hydrogen-bond acceptors (Lipinski definition) is 6. The average molecular weight is 581 g/mol. The molecule has 0 aliphatic carbocycles. The van der Waals surface area contributed by atoms with Gasteiger partial charge in [0.2, 0.25) is 0 Å². The Hall–Kier alpha value is -3.23. The highest BCUT2D eigenvalue weighted by atomic mass is 35.5. The molecule has 2 N–H and O–H groups in total. The second-order valence-corrected chi connectivity index (χ2v) is 11.6. The van der Waals surface area contributed by atoms with Gasteiger partial charge in [0, 0.05) is 24.5 Å². The van der Waals surface area contributed by atoms with Crippen molar-refractivity contribution in [3.05, 3.63) is 77.0 Å². The highest BCUT2D eigenvalue weighted by Crippen LogP contribution is 2.40. The van der Waals surface area contributed by atoms with Gasteiger partial charge in [-0.2, -0.15) is 0 Å². The van der Waals surface area contributed by atoms with E-state index < -0.39 is 17.7 Å². The van der Waals surface area contributed by atoms with Crippen LogP contribution in [0.25, 0.3) is 0 Å². The average Bonchev–Trinajstić information content (AvgIpc) is 2.98. The molecule has 218 valence electrons. The minimum absolute atomic E-state index is 0.128. The predicted octanol–water partition coefficient (Wildman–Crippen LogP) is 7.32. The van der Waals surface area contributed by atoms with Gasteiger partial charge < -0.3 is 20.1 Å². The molecule has 2 aromatic heterocycles. The number of nitrogens with one attached hydrogen (secondary N) is 1. The van der Waals surface area contributed by atoms with Crippen LogP contribution in [-0.2, 0) is 11.2 Å². The van der Waals surface area contributed by atoms with Crippen LogP contribution in [0.4, 0.5) is 10.2 Å². The van der Waals surface area contributed by atoms with Crippen LogP contribution in [0.5, 0.6) is 11.5 Å². The fourth-order valence-electron chi connectivity index (χ4n) is 6.17. The summed E-state index contributed by atoms with van der Waals surface area (Å²) in [7, 11) is 0. The zero-order valence-corrected chi connectivity index (χ0v) is 24.0. The Kier molecular flexibility index (Phi) is 10.1. The van der Waals surface area contributed by atoms with Crippen molar-refractivity contribution >= 4 is 23.4 Å². The van der Waals surface area contributed by atoms with Crippen molar-refractivity contribution < 1.29 is 19.0 Å². The fraction of sp³-hybridized carbons (Fsp3) is 0.469. The van der Waals surface area contributed by atoms with E-state index in [0.717, 1.165) is 51.1 Å². The Bertz CT molecular complexity index is 1300. The quantitative estimate of drug-likeness (QED) is 0.217. The van der Waals surface area contributed by atoms with Crippen molar-refractivity contribution in [2.75, 3.05) is 25.0 Å². The van der Waals surface area contributed by atoms with Crippen LogP contribution in [-0.4, -0.2) is 51.6 Å². The molecule has 4 heterocycles. The number of fused-ring (bicyclic) bond motifs is 1. The summed E-state index contributed by atoms with van der Waals surface area (Å²) in [5.41, 5.74) is 1.59. The molecule has 0 amide bonds. The number of carboxylic acid groups (broad SMARTS) is 1. The largest absolute Gasteiger partial charge is 0.481 e. The molecule has 0 spiro atoms. The van der Waals surface area contributed by atoms with E-state index in [4.69, 9.17) is 16.3 Å². The number of likely N-dealkylation sites (tertiary alicyclic amines) is 1. The third-order valence-electron chi connectivity index (χ3n) is 8.38. The number of halogens is 2. The molecule has 2 aliphatic heterocycles. The van der Waals surface area contributed by atoms with E-state index in [2.05, 4.69) is 26.3 Å². The molecule has 1 saturated heterocycles. The van der Waals surface area contributed by atoms with Gasteiger partial charge in [0.15, 0.2) is 0 Å². The number of aromatic nitrogens is 2. The summed E-state index contributed by atoms with van der Waals surface area (Å²) < 4.78 is 20.5. The molecular weight excluding hydrogens is 543 g/mol. The summed E-state index contributed by atoms with van der Waals surface area (Å²) in [6.07, 6.45) is 14.6. The maximum atomic E-state index is 14.8. The van der Waals surface area contributed by atoms with E-state index in [0.29, 0.717) is 11.8 Å². The van der Waals surface area contributed by atoms with E-state index in [1.165, 1.54) is 49.9 Å². The first-order valence-corrected chi connectivity index (χ1v) is 15.1. The summed E-state index contributed by atoms with van der Waals surface area (Å²) in [4.78, 5) is 23.3. The lowest BCUT2D eigenvalue weighted by molar-refractivity contribution is -0.140. The third-order valence-corrected chi connectivity index (χ3v) is 8.77. The van der Waals surface area contributed by atoms with Crippen molar-refractivity contribution in [3.8, 4) is 11.5 Å². The van der Waals surface area contributed by atoms with Gasteiger partial charge in [-0.1, -0.05) is 36.9 Å². The zero-order chi connectivity index (χ0) is 28.6. The number of carboxylic acids is 1. The standard InChI is InChI=1S/C32H38ClFN4O3/c33-30-27(19-26(20-28(30)34)41-25-9-6-14-35-21-25)29(32(39)40)22-12-17-38(18-13-22)16-4-2-1-3-8-24-11-10-23-7-5-15-36-31(23)37-24/h5-7,9,14-15,19-22,24,29H,1-4,8,10-13,16-18H2,(H,36,37)(H,39,40)/t24-,29-/m1/s1. The van der Waals surface area contributed by atoms with Crippen LogP contribution in [0.15, 0.2) is 55.0 Å². The summed E-state index contributed by atoms with van der Waals surface area (Å²) in [5, 5.41) is 13.6. The molecule has 3 aromatic rings. The summed E-state index contributed by atoms with van der Waals surface area (Å²) in [6, 6.07) is 10.8. The fourth-order valence-corrected chi connectivity index (χ4v) is 6.40. The van der Waals surface area contributed by atoms with E-state index in [1.54, 1.807) is 24.4 Å². The molecule has 0 saturated carbocycles. The Morgan fingerprint density at radius 1 is 1.10 bits per heavy atom. The Labute approximate surface area is 246 Å². The Morgan fingerprint density at radius 2 is 1.90 bits per heavy atom. The first kappa shape index (κ1) is 29.3.